The average Bonchev–Trinajstić information content (AvgIpc) is 2.53. The zero-order valence-corrected chi connectivity index (χ0v) is 12.3. The minimum atomic E-state index is -0.548. The summed E-state index contributed by atoms with van der Waals surface area (Å²) in [5, 5.41) is 23.0. The topological polar surface area (TPSA) is 61.7 Å². The first kappa shape index (κ1) is 15.4. The summed E-state index contributed by atoms with van der Waals surface area (Å²) in [6.45, 7) is 2.46. The molecule has 2 atom stereocenters. The summed E-state index contributed by atoms with van der Waals surface area (Å²) < 4.78 is 5.10. The molecule has 0 saturated heterocycles. The van der Waals surface area contributed by atoms with Crippen LogP contribution in [-0.2, 0) is 0 Å². The summed E-state index contributed by atoms with van der Waals surface area (Å²) in [5.74, 6) is 0.572. The van der Waals surface area contributed by atoms with Gasteiger partial charge in [-0.3, -0.25) is 0 Å². The summed E-state index contributed by atoms with van der Waals surface area (Å²) in [7, 11) is 1.52. The van der Waals surface area contributed by atoms with Crippen LogP contribution in [0.2, 0.25) is 0 Å². The van der Waals surface area contributed by atoms with Crippen molar-refractivity contribution in [1.29, 1.82) is 0 Å². The highest BCUT2D eigenvalue weighted by atomic mass is 16.5. The highest BCUT2D eigenvalue weighted by Crippen LogP contribution is 2.28. The smallest absolute Gasteiger partial charge is 0.160 e. The summed E-state index contributed by atoms with van der Waals surface area (Å²) in [4.78, 5) is 0. The number of methoxy groups -OCH3 is 1. The molecule has 3 N–H and O–H groups in total. The normalized spacial score (nSPS) is 13.7. The van der Waals surface area contributed by atoms with Crippen molar-refractivity contribution in [2.24, 2.45) is 0 Å². The van der Waals surface area contributed by atoms with Crippen molar-refractivity contribution in [2.75, 3.05) is 13.7 Å². The molecule has 112 valence electrons. The van der Waals surface area contributed by atoms with Crippen LogP contribution in [0.25, 0.3) is 0 Å². The van der Waals surface area contributed by atoms with E-state index < -0.39 is 6.10 Å². The van der Waals surface area contributed by atoms with E-state index in [4.69, 9.17) is 4.74 Å². The quantitative estimate of drug-likeness (QED) is 0.764. The van der Waals surface area contributed by atoms with Gasteiger partial charge in [-0.15, -0.1) is 0 Å². The van der Waals surface area contributed by atoms with Crippen LogP contribution in [0.3, 0.4) is 0 Å². The van der Waals surface area contributed by atoms with E-state index >= 15 is 0 Å². The number of ether oxygens (including phenoxy) is 1. The van der Waals surface area contributed by atoms with Crippen molar-refractivity contribution < 1.29 is 14.9 Å². The third-order valence-electron chi connectivity index (χ3n) is 3.51. The first-order chi connectivity index (χ1) is 10.1. The van der Waals surface area contributed by atoms with Gasteiger partial charge in [0.2, 0.25) is 0 Å². The number of phenolic OH excluding ortho intramolecular Hbond substituents is 1. The van der Waals surface area contributed by atoms with Crippen molar-refractivity contribution in [1.82, 2.24) is 5.32 Å². The number of aromatic hydroxyl groups is 1. The first-order valence-corrected chi connectivity index (χ1v) is 6.95. The van der Waals surface area contributed by atoms with Gasteiger partial charge < -0.3 is 20.3 Å². The zero-order chi connectivity index (χ0) is 15.2. The van der Waals surface area contributed by atoms with Gasteiger partial charge in [0.1, 0.15) is 0 Å². The Kier molecular flexibility index (Phi) is 5.20. The number of aliphatic hydroxyl groups excluding tert-OH is 1. The van der Waals surface area contributed by atoms with Crippen molar-refractivity contribution in [3.63, 3.8) is 0 Å². The van der Waals surface area contributed by atoms with Crippen LogP contribution >= 0.6 is 0 Å². The summed E-state index contributed by atoms with van der Waals surface area (Å²) in [6.07, 6.45) is -0.548. The standard InChI is InChI=1S/C17H21NO3/c1-12(14-8-9-15(19)17(10-14)21-2)18-11-16(20)13-6-4-3-5-7-13/h3-10,12,16,18-20H,11H2,1-2H3. The molecule has 0 saturated carbocycles. The van der Waals surface area contributed by atoms with Crippen molar-refractivity contribution in [3.05, 3.63) is 59.7 Å². The fourth-order valence-corrected chi connectivity index (χ4v) is 2.16. The van der Waals surface area contributed by atoms with Crippen molar-refractivity contribution in [2.45, 2.75) is 19.1 Å². The van der Waals surface area contributed by atoms with Crippen LogP contribution in [0.1, 0.15) is 30.2 Å². The van der Waals surface area contributed by atoms with E-state index in [1.165, 1.54) is 7.11 Å². The number of rotatable bonds is 6. The number of aliphatic hydroxyl groups is 1. The predicted octanol–water partition coefficient (Wildman–Crippen LogP) is 2.79. The largest absolute Gasteiger partial charge is 0.504 e. The highest BCUT2D eigenvalue weighted by Gasteiger charge is 2.12. The van der Waals surface area contributed by atoms with E-state index in [1.54, 1.807) is 12.1 Å². The van der Waals surface area contributed by atoms with Crippen molar-refractivity contribution >= 4 is 0 Å². The molecule has 0 aromatic heterocycles. The van der Waals surface area contributed by atoms with Crippen LogP contribution < -0.4 is 10.1 Å². The summed E-state index contributed by atoms with van der Waals surface area (Å²) >= 11 is 0. The van der Waals surface area contributed by atoms with E-state index in [2.05, 4.69) is 5.32 Å². The van der Waals surface area contributed by atoms with Gasteiger partial charge in [-0.1, -0.05) is 36.4 Å². The predicted molar refractivity (Wildman–Crippen MR) is 82.5 cm³/mol. The van der Waals surface area contributed by atoms with Gasteiger partial charge in [-0.25, -0.2) is 0 Å². The Hall–Kier alpha value is -2.04. The van der Waals surface area contributed by atoms with Gasteiger partial charge in [0.15, 0.2) is 11.5 Å². The third-order valence-corrected chi connectivity index (χ3v) is 3.51. The van der Waals surface area contributed by atoms with Crippen molar-refractivity contribution in [3.8, 4) is 11.5 Å². The van der Waals surface area contributed by atoms with Crippen LogP contribution in [0.4, 0.5) is 0 Å². The second kappa shape index (κ2) is 7.11. The van der Waals surface area contributed by atoms with E-state index in [1.807, 2.05) is 43.3 Å². The molecular weight excluding hydrogens is 266 g/mol. The molecule has 0 aliphatic carbocycles. The van der Waals surface area contributed by atoms with E-state index in [9.17, 15) is 10.2 Å². The number of phenols is 1. The zero-order valence-electron chi connectivity index (χ0n) is 12.3. The molecule has 0 amide bonds. The minimum absolute atomic E-state index is 0.0397. The summed E-state index contributed by atoms with van der Waals surface area (Å²) in [5.41, 5.74) is 1.88. The van der Waals surface area contributed by atoms with Gasteiger partial charge in [0.05, 0.1) is 13.2 Å². The fraction of sp³-hybridized carbons (Fsp3) is 0.294. The molecule has 21 heavy (non-hydrogen) atoms. The average molecular weight is 287 g/mol. The molecule has 2 unspecified atom stereocenters. The molecule has 4 nitrogen and oxygen atoms in total. The molecule has 2 aromatic carbocycles. The fourth-order valence-electron chi connectivity index (χ4n) is 2.16. The molecule has 0 heterocycles. The molecule has 0 aliphatic heterocycles. The Balaban J connectivity index is 1.97. The maximum Gasteiger partial charge on any atom is 0.160 e. The molecule has 2 aromatic rings. The second-order valence-corrected chi connectivity index (χ2v) is 4.99. The number of hydrogen-bond donors (Lipinski definition) is 3. The van der Waals surface area contributed by atoms with Gasteiger partial charge in [0, 0.05) is 12.6 Å². The van der Waals surface area contributed by atoms with Crippen LogP contribution in [-0.4, -0.2) is 23.9 Å². The van der Waals surface area contributed by atoms with Gasteiger partial charge >= 0.3 is 0 Å². The molecule has 4 heteroatoms. The second-order valence-electron chi connectivity index (χ2n) is 4.99. The minimum Gasteiger partial charge on any atom is -0.504 e. The Morgan fingerprint density at radius 2 is 1.81 bits per heavy atom. The lowest BCUT2D eigenvalue weighted by Gasteiger charge is -2.18. The Bertz CT molecular complexity index is 572. The summed E-state index contributed by atoms with van der Waals surface area (Å²) in [6, 6.07) is 14.8. The maximum atomic E-state index is 10.1. The Morgan fingerprint density at radius 3 is 2.48 bits per heavy atom. The molecule has 0 bridgehead atoms. The van der Waals surface area contributed by atoms with E-state index in [-0.39, 0.29) is 11.8 Å². The highest BCUT2D eigenvalue weighted by molar-refractivity contribution is 5.42. The van der Waals surface area contributed by atoms with E-state index in [0.29, 0.717) is 12.3 Å². The third kappa shape index (κ3) is 3.97. The van der Waals surface area contributed by atoms with Gasteiger partial charge in [-0.05, 0) is 30.2 Å². The SMILES string of the molecule is COc1cc(C(C)NCC(O)c2ccccc2)ccc1O. The van der Waals surface area contributed by atoms with Crippen LogP contribution in [0.15, 0.2) is 48.5 Å². The lowest BCUT2D eigenvalue weighted by Crippen LogP contribution is -2.24. The molecule has 0 fully saturated rings. The lowest BCUT2D eigenvalue weighted by molar-refractivity contribution is 0.171. The number of nitrogens with one attached hydrogen (secondary N) is 1. The Morgan fingerprint density at radius 1 is 1.10 bits per heavy atom. The molecular formula is C17H21NO3. The number of benzene rings is 2. The van der Waals surface area contributed by atoms with Gasteiger partial charge in [-0.2, -0.15) is 0 Å². The molecule has 0 radical (unpaired) electrons. The first-order valence-electron chi connectivity index (χ1n) is 6.95. The Labute approximate surface area is 125 Å². The monoisotopic (exact) mass is 287 g/mol. The van der Waals surface area contributed by atoms with E-state index in [0.717, 1.165) is 11.1 Å². The molecule has 2 rings (SSSR count). The number of hydrogen-bond acceptors (Lipinski definition) is 4. The molecule has 0 spiro atoms. The molecule has 0 aliphatic rings. The van der Waals surface area contributed by atoms with Crippen LogP contribution in [0.5, 0.6) is 11.5 Å². The van der Waals surface area contributed by atoms with Crippen LogP contribution in [0, 0.1) is 0 Å². The van der Waals surface area contributed by atoms with Gasteiger partial charge in [0.25, 0.3) is 0 Å². The maximum absolute atomic E-state index is 10.1. The lowest BCUT2D eigenvalue weighted by atomic mass is 10.1.